The van der Waals surface area contributed by atoms with Crippen LogP contribution in [0.1, 0.15) is 52.4 Å². The Morgan fingerprint density at radius 1 is 1.33 bits per heavy atom. The van der Waals surface area contributed by atoms with Gasteiger partial charge in [0.1, 0.15) is 0 Å². The van der Waals surface area contributed by atoms with E-state index in [2.05, 4.69) is 19.2 Å². The molecule has 2 fully saturated rings. The van der Waals surface area contributed by atoms with Crippen molar-refractivity contribution in [1.29, 1.82) is 0 Å². The predicted molar refractivity (Wildman–Crippen MR) is 75.6 cm³/mol. The van der Waals surface area contributed by atoms with Crippen LogP contribution in [0.15, 0.2) is 0 Å². The minimum atomic E-state index is 0.180. The number of hydrogen-bond acceptors (Lipinski definition) is 3. The van der Waals surface area contributed by atoms with Crippen LogP contribution in [0.3, 0.4) is 0 Å². The zero-order chi connectivity index (χ0) is 13.0. The van der Waals surface area contributed by atoms with Gasteiger partial charge in [-0.25, -0.2) is 0 Å². The molecule has 1 aliphatic carbocycles. The highest BCUT2D eigenvalue weighted by molar-refractivity contribution is 4.96. The van der Waals surface area contributed by atoms with Crippen LogP contribution in [0.25, 0.3) is 0 Å². The normalized spacial score (nSPS) is 37.3. The van der Waals surface area contributed by atoms with Crippen molar-refractivity contribution in [3.05, 3.63) is 0 Å². The number of ether oxygens (including phenoxy) is 1. The van der Waals surface area contributed by atoms with Crippen LogP contribution in [0, 0.1) is 11.8 Å². The molecule has 1 heterocycles. The maximum atomic E-state index is 6.08. The Morgan fingerprint density at radius 2 is 2.17 bits per heavy atom. The van der Waals surface area contributed by atoms with Gasteiger partial charge in [0.05, 0.1) is 6.10 Å². The predicted octanol–water partition coefficient (Wildman–Crippen LogP) is 2.30. The maximum absolute atomic E-state index is 6.08. The van der Waals surface area contributed by atoms with E-state index in [1.54, 1.807) is 0 Å². The van der Waals surface area contributed by atoms with Crippen molar-refractivity contribution in [3.63, 3.8) is 0 Å². The van der Waals surface area contributed by atoms with Crippen molar-refractivity contribution in [1.82, 2.24) is 5.32 Å². The Kier molecular flexibility index (Phi) is 5.05. The first-order valence-electron chi connectivity index (χ1n) is 7.72. The zero-order valence-electron chi connectivity index (χ0n) is 12.1. The summed E-state index contributed by atoms with van der Waals surface area (Å²) in [4.78, 5) is 0. The SMILES string of the molecule is CC(C)C1CCCC(CN)(NCC2CCCO2)C1. The molecule has 3 atom stereocenters. The molecular formula is C15H30N2O. The third-order valence-corrected chi connectivity index (χ3v) is 4.95. The van der Waals surface area contributed by atoms with Gasteiger partial charge in [-0.05, 0) is 37.5 Å². The quantitative estimate of drug-likeness (QED) is 0.791. The van der Waals surface area contributed by atoms with Gasteiger partial charge in [-0.2, -0.15) is 0 Å². The lowest BCUT2D eigenvalue weighted by Gasteiger charge is -2.43. The van der Waals surface area contributed by atoms with Crippen molar-refractivity contribution >= 4 is 0 Å². The summed E-state index contributed by atoms with van der Waals surface area (Å²) in [6, 6.07) is 0. The average Bonchev–Trinajstić information content (AvgIpc) is 2.90. The molecule has 1 aliphatic heterocycles. The van der Waals surface area contributed by atoms with Gasteiger partial charge < -0.3 is 15.8 Å². The maximum Gasteiger partial charge on any atom is 0.0700 e. The molecule has 0 amide bonds. The summed E-state index contributed by atoms with van der Waals surface area (Å²) < 4.78 is 5.70. The van der Waals surface area contributed by atoms with Gasteiger partial charge in [-0.15, -0.1) is 0 Å². The first-order valence-corrected chi connectivity index (χ1v) is 7.72. The van der Waals surface area contributed by atoms with E-state index in [0.717, 1.165) is 31.5 Å². The molecule has 0 aromatic heterocycles. The Hall–Kier alpha value is -0.120. The van der Waals surface area contributed by atoms with Crippen molar-refractivity contribution in [2.45, 2.75) is 64.0 Å². The van der Waals surface area contributed by atoms with Crippen LogP contribution in [0.2, 0.25) is 0 Å². The molecule has 0 aromatic carbocycles. The van der Waals surface area contributed by atoms with E-state index < -0.39 is 0 Å². The molecular weight excluding hydrogens is 224 g/mol. The second-order valence-corrected chi connectivity index (χ2v) is 6.60. The summed E-state index contributed by atoms with van der Waals surface area (Å²) in [5.41, 5.74) is 6.26. The third-order valence-electron chi connectivity index (χ3n) is 4.95. The van der Waals surface area contributed by atoms with Crippen molar-refractivity contribution in [2.75, 3.05) is 19.7 Å². The van der Waals surface area contributed by atoms with Gasteiger partial charge >= 0.3 is 0 Å². The minimum Gasteiger partial charge on any atom is -0.377 e. The fourth-order valence-electron chi connectivity index (χ4n) is 3.53. The summed E-state index contributed by atoms with van der Waals surface area (Å²) in [6.45, 7) is 7.39. The summed E-state index contributed by atoms with van der Waals surface area (Å²) in [7, 11) is 0. The highest BCUT2D eigenvalue weighted by Crippen LogP contribution is 2.36. The molecule has 3 N–H and O–H groups in total. The van der Waals surface area contributed by atoms with Crippen LogP contribution >= 0.6 is 0 Å². The highest BCUT2D eigenvalue weighted by Gasteiger charge is 2.36. The first kappa shape index (κ1) is 14.3. The van der Waals surface area contributed by atoms with Gasteiger partial charge in [0.15, 0.2) is 0 Å². The standard InChI is InChI=1S/C15H30N2O/c1-12(2)13-5-3-7-15(9-13,11-16)17-10-14-6-4-8-18-14/h12-14,17H,3-11,16H2,1-2H3. The smallest absolute Gasteiger partial charge is 0.0700 e. The van der Waals surface area contributed by atoms with Crippen molar-refractivity contribution < 1.29 is 4.74 Å². The van der Waals surface area contributed by atoms with E-state index in [1.165, 1.54) is 38.5 Å². The minimum absolute atomic E-state index is 0.180. The number of nitrogens with two attached hydrogens (primary N) is 1. The van der Waals surface area contributed by atoms with Gasteiger partial charge in [0, 0.05) is 25.2 Å². The lowest BCUT2D eigenvalue weighted by Crippen LogP contribution is -2.56. The summed E-state index contributed by atoms with van der Waals surface area (Å²) in [5, 5.41) is 3.76. The zero-order valence-corrected chi connectivity index (χ0v) is 12.1. The number of hydrogen-bond donors (Lipinski definition) is 2. The van der Waals surface area contributed by atoms with Crippen molar-refractivity contribution in [3.8, 4) is 0 Å². The third kappa shape index (κ3) is 3.46. The van der Waals surface area contributed by atoms with E-state index in [-0.39, 0.29) is 5.54 Å². The molecule has 3 nitrogen and oxygen atoms in total. The molecule has 1 saturated heterocycles. The van der Waals surface area contributed by atoms with Crippen LogP contribution in [0.5, 0.6) is 0 Å². The number of nitrogens with one attached hydrogen (secondary N) is 1. The van der Waals surface area contributed by atoms with Gasteiger partial charge in [0.25, 0.3) is 0 Å². The van der Waals surface area contributed by atoms with Gasteiger partial charge in [-0.1, -0.05) is 26.7 Å². The molecule has 0 bridgehead atoms. The lowest BCUT2D eigenvalue weighted by molar-refractivity contribution is 0.0859. The Morgan fingerprint density at radius 3 is 2.78 bits per heavy atom. The molecule has 0 radical (unpaired) electrons. The Labute approximate surface area is 112 Å². The van der Waals surface area contributed by atoms with E-state index in [4.69, 9.17) is 10.5 Å². The Bertz CT molecular complexity index is 251. The van der Waals surface area contributed by atoms with Gasteiger partial charge in [0.2, 0.25) is 0 Å². The lowest BCUT2D eigenvalue weighted by atomic mass is 9.71. The monoisotopic (exact) mass is 254 g/mol. The molecule has 2 aliphatic rings. The van der Waals surface area contributed by atoms with E-state index in [9.17, 15) is 0 Å². The highest BCUT2D eigenvalue weighted by atomic mass is 16.5. The second-order valence-electron chi connectivity index (χ2n) is 6.60. The Balaban J connectivity index is 1.87. The molecule has 3 heteroatoms. The van der Waals surface area contributed by atoms with Crippen molar-refractivity contribution in [2.24, 2.45) is 17.6 Å². The second kappa shape index (κ2) is 6.36. The fraction of sp³-hybridized carbons (Fsp3) is 1.00. The summed E-state index contributed by atoms with van der Waals surface area (Å²) in [5.74, 6) is 1.61. The number of rotatable bonds is 5. The van der Waals surface area contributed by atoms with Crippen LogP contribution in [-0.2, 0) is 4.74 Å². The fourth-order valence-corrected chi connectivity index (χ4v) is 3.53. The summed E-state index contributed by atoms with van der Waals surface area (Å²) >= 11 is 0. The molecule has 2 rings (SSSR count). The van der Waals surface area contributed by atoms with Crippen LogP contribution in [-0.4, -0.2) is 31.3 Å². The van der Waals surface area contributed by atoms with Crippen LogP contribution in [0.4, 0.5) is 0 Å². The molecule has 18 heavy (non-hydrogen) atoms. The largest absolute Gasteiger partial charge is 0.377 e. The van der Waals surface area contributed by atoms with E-state index >= 15 is 0 Å². The van der Waals surface area contributed by atoms with Crippen LogP contribution < -0.4 is 11.1 Å². The first-order chi connectivity index (χ1) is 8.65. The van der Waals surface area contributed by atoms with E-state index in [1.807, 2.05) is 0 Å². The van der Waals surface area contributed by atoms with E-state index in [0.29, 0.717) is 6.10 Å². The molecule has 3 unspecified atom stereocenters. The molecule has 0 aromatic rings. The van der Waals surface area contributed by atoms with Gasteiger partial charge in [-0.3, -0.25) is 0 Å². The molecule has 0 spiro atoms. The summed E-state index contributed by atoms with van der Waals surface area (Å²) in [6.07, 6.45) is 8.03. The topological polar surface area (TPSA) is 47.3 Å². The molecule has 1 saturated carbocycles. The molecule has 106 valence electrons. The average molecular weight is 254 g/mol.